The summed E-state index contributed by atoms with van der Waals surface area (Å²) >= 11 is 1.21. The maximum absolute atomic E-state index is 12.9. The topological polar surface area (TPSA) is 143 Å². The second-order valence-corrected chi connectivity index (χ2v) is 9.98. The molecule has 32 heavy (non-hydrogen) atoms. The number of sulfonamides is 1. The maximum Gasteiger partial charge on any atom is 0.280 e. The number of rotatable bonds is 10. The second-order valence-electron chi connectivity index (χ2n) is 6.86. The Hall–Kier alpha value is -2.45. The predicted molar refractivity (Wildman–Crippen MR) is 118 cm³/mol. The number of ether oxygens (including phenoxy) is 1. The van der Waals surface area contributed by atoms with Crippen LogP contribution in [0.4, 0.5) is 5.13 Å². The molecule has 11 nitrogen and oxygen atoms in total. The van der Waals surface area contributed by atoms with E-state index < -0.39 is 15.9 Å². The van der Waals surface area contributed by atoms with Crippen molar-refractivity contribution >= 4 is 38.1 Å². The van der Waals surface area contributed by atoms with Crippen LogP contribution in [0.25, 0.3) is 0 Å². The molecule has 3 rings (SSSR count). The van der Waals surface area contributed by atoms with Crippen molar-refractivity contribution in [2.75, 3.05) is 38.2 Å². The molecule has 1 atom stereocenters. The molecule has 0 aliphatic carbocycles. The van der Waals surface area contributed by atoms with Crippen LogP contribution in [0.2, 0.25) is 0 Å². The van der Waals surface area contributed by atoms with Crippen LogP contribution in [0.3, 0.4) is 0 Å². The number of hydrogen-bond acceptors (Lipinski definition) is 10. The lowest BCUT2D eigenvalue weighted by Gasteiger charge is -2.19. The van der Waals surface area contributed by atoms with E-state index in [4.69, 9.17) is 14.7 Å². The molecule has 0 spiro atoms. The number of hydrogen-bond donors (Lipinski definition) is 2. The van der Waals surface area contributed by atoms with Crippen LogP contribution >= 0.6 is 11.3 Å². The van der Waals surface area contributed by atoms with E-state index in [-0.39, 0.29) is 36.4 Å². The molecule has 0 unspecified atom stereocenters. The van der Waals surface area contributed by atoms with Gasteiger partial charge in [-0.2, -0.15) is 4.31 Å². The molecule has 1 aromatic heterocycles. The lowest BCUT2D eigenvalue weighted by Crippen LogP contribution is -2.33. The van der Waals surface area contributed by atoms with Crippen LogP contribution in [-0.2, 0) is 24.4 Å². The Labute approximate surface area is 190 Å². The molecule has 1 amide bonds. The van der Waals surface area contributed by atoms with Gasteiger partial charge in [-0.1, -0.05) is 35.5 Å². The van der Waals surface area contributed by atoms with E-state index in [1.165, 1.54) is 39.9 Å². The van der Waals surface area contributed by atoms with Gasteiger partial charge >= 0.3 is 0 Å². The number of carbonyl (C=O) groups is 1. The van der Waals surface area contributed by atoms with E-state index in [1.807, 2.05) is 0 Å². The minimum absolute atomic E-state index is 0.00569. The number of nitrogens with one attached hydrogen (secondary N) is 1. The van der Waals surface area contributed by atoms with Crippen LogP contribution in [-0.4, -0.2) is 78.7 Å². The van der Waals surface area contributed by atoms with Gasteiger partial charge in [0.05, 0.1) is 24.7 Å². The zero-order valence-corrected chi connectivity index (χ0v) is 19.4. The van der Waals surface area contributed by atoms with Gasteiger partial charge in [0.1, 0.15) is 5.01 Å². The smallest absolute Gasteiger partial charge is 0.280 e. The number of benzene rings is 1. The molecule has 13 heteroatoms. The Morgan fingerprint density at radius 2 is 2.12 bits per heavy atom. The molecule has 1 aliphatic heterocycles. The summed E-state index contributed by atoms with van der Waals surface area (Å²) in [6.07, 6.45) is 0.390. The molecule has 0 bridgehead atoms. The van der Waals surface area contributed by atoms with Crippen molar-refractivity contribution in [3.8, 4) is 0 Å². The molecule has 0 saturated carbocycles. The zero-order valence-electron chi connectivity index (χ0n) is 17.7. The highest BCUT2D eigenvalue weighted by molar-refractivity contribution is 7.89. The molecule has 2 heterocycles. The summed E-state index contributed by atoms with van der Waals surface area (Å²) in [5.41, 5.74) is 0.336. The van der Waals surface area contributed by atoms with E-state index >= 15 is 0 Å². The number of oxime groups is 1. The summed E-state index contributed by atoms with van der Waals surface area (Å²) < 4.78 is 32.0. The number of carbonyl (C=O) groups excluding carboxylic acids is 1. The van der Waals surface area contributed by atoms with E-state index in [9.17, 15) is 13.2 Å². The molecule has 2 N–H and O–H groups in total. The average molecular weight is 484 g/mol. The number of amides is 1. The van der Waals surface area contributed by atoms with Gasteiger partial charge in [-0.3, -0.25) is 10.1 Å². The molecular weight excluding hydrogens is 458 g/mol. The Morgan fingerprint density at radius 1 is 1.38 bits per heavy atom. The Kier molecular flexibility index (Phi) is 8.26. The van der Waals surface area contributed by atoms with Gasteiger partial charge in [-0.15, -0.1) is 10.2 Å². The molecule has 174 valence electrons. The first-order chi connectivity index (χ1) is 15.3. The number of anilines is 1. The van der Waals surface area contributed by atoms with Crippen molar-refractivity contribution in [3.05, 3.63) is 34.8 Å². The third-order valence-electron chi connectivity index (χ3n) is 4.61. The standard InChI is InChI=1S/C19H25N5O6S2/c1-3-24(9-10-25)32(27,28)16-6-4-14(5-7-16)17(23-30-15-8-11-29-12-15)18(26)20-19-22-21-13(2)31-19/h4-7,15,25H,3,8-12H2,1-2H3,(H,20,22,26)/t15-/m1/s1. The summed E-state index contributed by atoms with van der Waals surface area (Å²) in [6, 6.07) is 5.75. The quantitative estimate of drug-likeness (QED) is 0.376. The molecule has 2 aromatic rings. The predicted octanol–water partition coefficient (Wildman–Crippen LogP) is 0.998. The minimum Gasteiger partial charge on any atom is -0.395 e. The van der Waals surface area contributed by atoms with Crippen molar-refractivity contribution in [2.45, 2.75) is 31.3 Å². The van der Waals surface area contributed by atoms with Crippen LogP contribution in [0.15, 0.2) is 34.3 Å². The van der Waals surface area contributed by atoms with Crippen LogP contribution in [0.1, 0.15) is 23.9 Å². The highest BCUT2D eigenvalue weighted by Crippen LogP contribution is 2.19. The SMILES string of the molecule is CCN(CCO)S(=O)(=O)c1ccc(C(=NO[C@@H]2CCOC2)C(=O)Nc2nnc(C)s2)cc1. The van der Waals surface area contributed by atoms with Gasteiger partial charge in [-0.05, 0) is 19.1 Å². The zero-order chi connectivity index (χ0) is 23.1. The first kappa shape index (κ1) is 24.2. The molecule has 1 aliphatic rings. The molecule has 0 radical (unpaired) electrons. The largest absolute Gasteiger partial charge is 0.395 e. The Balaban J connectivity index is 1.86. The fourth-order valence-electron chi connectivity index (χ4n) is 2.95. The van der Waals surface area contributed by atoms with Gasteiger partial charge in [0.2, 0.25) is 15.2 Å². The molecule has 1 saturated heterocycles. The Bertz CT molecular complexity index is 1050. The van der Waals surface area contributed by atoms with Gasteiger partial charge in [0, 0.05) is 25.1 Å². The number of likely N-dealkylation sites (N-methyl/N-ethyl adjacent to an activating group) is 1. The summed E-state index contributed by atoms with van der Waals surface area (Å²) in [5.74, 6) is -0.564. The number of aromatic nitrogens is 2. The van der Waals surface area contributed by atoms with Crippen molar-refractivity contribution in [2.24, 2.45) is 5.16 Å². The molecule has 1 aromatic carbocycles. The Morgan fingerprint density at radius 3 is 2.69 bits per heavy atom. The highest BCUT2D eigenvalue weighted by Gasteiger charge is 2.24. The number of nitrogens with zero attached hydrogens (tertiary/aromatic N) is 4. The van der Waals surface area contributed by atoms with Crippen molar-refractivity contribution < 1.29 is 27.9 Å². The third-order valence-corrected chi connectivity index (χ3v) is 7.35. The van der Waals surface area contributed by atoms with Crippen LogP contribution in [0.5, 0.6) is 0 Å². The number of aliphatic hydroxyl groups is 1. The first-order valence-corrected chi connectivity index (χ1v) is 12.2. The second kappa shape index (κ2) is 10.9. The third kappa shape index (κ3) is 5.86. The van der Waals surface area contributed by atoms with E-state index in [0.29, 0.717) is 35.3 Å². The summed E-state index contributed by atoms with van der Waals surface area (Å²) in [6.45, 7) is 4.32. The number of aryl methyl sites for hydroxylation is 1. The number of aliphatic hydroxyl groups excluding tert-OH is 1. The summed E-state index contributed by atoms with van der Waals surface area (Å²) in [5, 5.41) is 24.6. The molecular formula is C19H25N5O6S2. The van der Waals surface area contributed by atoms with Crippen molar-refractivity contribution in [1.29, 1.82) is 0 Å². The highest BCUT2D eigenvalue weighted by atomic mass is 32.2. The molecule has 1 fully saturated rings. The fraction of sp³-hybridized carbons (Fsp3) is 0.474. The summed E-state index contributed by atoms with van der Waals surface area (Å²) in [4.78, 5) is 18.4. The van der Waals surface area contributed by atoms with Gasteiger partial charge in [-0.25, -0.2) is 8.42 Å². The monoisotopic (exact) mass is 483 g/mol. The lowest BCUT2D eigenvalue weighted by molar-refractivity contribution is -0.110. The average Bonchev–Trinajstić information content (AvgIpc) is 3.44. The van der Waals surface area contributed by atoms with Crippen molar-refractivity contribution in [3.63, 3.8) is 0 Å². The van der Waals surface area contributed by atoms with Crippen LogP contribution < -0.4 is 5.32 Å². The van der Waals surface area contributed by atoms with E-state index in [1.54, 1.807) is 13.8 Å². The lowest BCUT2D eigenvalue weighted by atomic mass is 10.1. The van der Waals surface area contributed by atoms with E-state index in [0.717, 1.165) is 0 Å². The van der Waals surface area contributed by atoms with Crippen molar-refractivity contribution in [1.82, 2.24) is 14.5 Å². The first-order valence-electron chi connectivity index (χ1n) is 9.99. The van der Waals surface area contributed by atoms with E-state index in [2.05, 4.69) is 20.7 Å². The minimum atomic E-state index is -3.78. The van der Waals surface area contributed by atoms with Crippen LogP contribution in [0, 0.1) is 6.92 Å². The van der Waals surface area contributed by atoms with Gasteiger partial charge in [0.15, 0.2) is 11.8 Å². The fourth-order valence-corrected chi connectivity index (χ4v) is 4.97. The van der Waals surface area contributed by atoms with Gasteiger partial charge < -0.3 is 14.7 Å². The van der Waals surface area contributed by atoms with Gasteiger partial charge in [0.25, 0.3) is 5.91 Å². The summed E-state index contributed by atoms with van der Waals surface area (Å²) in [7, 11) is -3.78. The normalized spacial score (nSPS) is 17.0. The maximum atomic E-state index is 12.9.